The number of amides is 1. The Morgan fingerprint density at radius 3 is 2.67 bits per heavy atom. The Morgan fingerprint density at radius 2 is 2.27 bits per heavy atom. The summed E-state index contributed by atoms with van der Waals surface area (Å²) in [5.41, 5.74) is 5.69. The average molecular weight is 273 g/mol. The van der Waals surface area contributed by atoms with Gasteiger partial charge in [0.15, 0.2) is 0 Å². The number of carbonyl (C=O) groups excluding carboxylic acids is 1. The number of carbonyl (C=O) groups is 1. The topological polar surface area (TPSA) is 70.9 Å². The molecule has 1 atom stereocenters. The van der Waals surface area contributed by atoms with Gasteiger partial charge in [0, 0.05) is 12.6 Å². The van der Waals surface area contributed by atoms with Gasteiger partial charge in [0.2, 0.25) is 0 Å². The summed E-state index contributed by atoms with van der Waals surface area (Å²) in [6, 6.07) is 1.39. The van der Waals surface area contributed by atoms with Crippen molar-refractivity contribution in [2.24, 2.45) is 5.73 Å². The number of halogens is 3. The van der Waals surface area contributed by atoms with Crippen LogP contribution in [0, 0.1) is 0 Å². The Bertz CT molecular complexity index is 320. The van der Waals surface area contributed by atoms with E-state index in [-0.39, 0.29) is 29.5 Å². The van der Waals surface area contributed by atoms with Gasteiger partial charge in [-0.3, -0.25) is 4.79 Å². The summed E-state index contributed by atoms with van der Waals surface area (Å²) in [5, 5.41) is 3.27. The molecule has 1 heterocycles. The van der Waals surface area contributed by atoms with Crippen LogP contribution in [0.15, 0.2) is 6.07 Å². The van der Waals surface area contributed by atoms with Crippen molar-refractivity contribution in [1.82, 2.24) is 10.3 Å². The molecule has 15 heavy (non-hydrogen) atoms. The zero-order chi connectivity index (χ0) is 10.7. The second-order valence-electron chi connectivity index (χ2n) is 2.96. The summed E-state index contributed by atoms with van der Waals surface area (Å²) in [7, 11) is 0. The number of H-pyrrole nitrogens is 1. The molecule has 0 unspecified atom stereocenters. The lowest BCUT2D eigenvalue weighted by molar-refractivity contribution is 0.0937. The van der Waals surface area contributed by atoms with Crippen LogP contribution >= 0.6 is 35.6 Å². The number of hydrogen-bond acceptors (Lipinski definition) is 2. The number of aromatic nitrogens is 1. The maximum atomic E-state index is 11.5. The van der Waals surface area contributed by atoms with Crippen molar-refractivity contribution < 1.29 is 4.79 Å². The lowest BCUT2D eigenvalue weighted by Gasteiger charge is -2.09. The fraction of sp³-hybridized carbons (Fsp3) is 0.375. The number of aromatic amines is 1. The highest BCUT2D eigenvalue weighted by Gasteiger charge is 2.12. The molecular weight excluding hydrogens is 260 g/mol. The lowest BCUT2D eigenvalue weighted by atomic mass is 10.3. The van der Waals surface area contributed by atoms with Crippen molar-refractivity contribution in [3.8, 4) is 0 Å². The van der Waals surface area contributed by atoms with E-state index in [2.05, 4.69) is 10.3 Å². The predicted octanol–water partition coefficient (Wildman–Crippen LogP) is 1.82. The Hall–Kier alpha value is -0.420. The third-order valence-corrected chi connectivity index (χ3v) is 2.39. The lowest BCUT2D eigenvalue weighted by Crippen LogP contribution is -2.37. The molecule has 1 aromatic heterocycles. The molecule has 0 bridgehead atoms. The molecule has 0 aromatic carbocycles. The molecule has 0 aliphatic rings. The van der Waals surface area contributed by atoms with Gasteiger partial charge in [-0.05, 0) is 13.0 Å². The minimum Gasteiger partial charge on any atom is -0.347 e. The first-order chi connectivity index (χ1) is 6.54. The van der Waals surface area contributed by atoms with Gasteiger partial charge >= 0.3 is 0 Å². The summed E-state index contributed by atoms with van der Waals surface area (Å²) in [4.78, 5) is 14.1. The molecule has 86 valence electrons. The van der Waals surface area contributed by atoms with Crippen LogP contribution in [0.1, 0.15) is 17.4 Å². The predicted molar refractivity (Wildman–Crippen MR) is 64.0 cm³/mol. The van der Waals surface area contributed by atoms with E-state index in [1.807, 2.05) is 6.92 Å². The van der Waals surface area contributed by atoms with Gasteiger partial charge in [-0.15, -0.1) is 12.4 Å². The van der Waals surface area contributed by atoms with Crippen LogP contribution in [-0.4, -0.2) is 23.5 Å². The Morgan fingerprint density at radius 1 is 1.67 bits per heavy atom. The molecular formula is C8H12Cl3N3O. The maximum absolute atomic E-state index is 11.5. The van der Waals surface area contributed by atoms with Crippen LogP contribution in [0.3, 0.4) is 0 Å². The largest absolute Gasteiger partial charge is 0.347 e. The standard InChI is InChI=1S/C8H11Cl2N3O.ClH/c1-4(3-11)12-8(14)6-2-5(9)7(10)13-6;/h2,4,13H,3,11H2,1H3,(H,12,14);1H/t4-;/m0./s1. The molecule has 0 spiro atoms. The van der Waals surface area contributed by atoms with Crippen molar-refractivity contribution >= 4 is 41.5 Å². The first-order valence-electron chi connectivity index (χ1n) is 4.09. The molecule has 4 nitrogen and oxygen atoms in total. The van der Waals surface area contributed by atoms with Crippen LogP contribution in [0.5, 0.6) is 0 Å². The van der Waals surface area contributed by atoms with Gasteiger partial charge in [0.1, 0.15) is 10.8 Å². The number of nitrogens with one attached hydrogen (secondary N) is 2. The van der Waals surface area contributed by atoms with Crippen molar-refractivity contribution in [2.75, 3.05) is 6.54 Å². The van der Waals surface area contributed by atoms with E-state index < -0.39 is 0 Å². The summed E-state index contributed by atoms with van der Waals surface area (Å²) in [6.45, 7) is 2.19. The first kappa shape index (κ1) is 14.6. The molecule has 1 amide bonds. The van der Waals surface area contributed by atoms with Crippen molar-refractivity contribution in [3.63, 3.8) is 0 Å². The molecule has 0 fully saturated rings. The van der Waals surface area contributed by atoms with E-state index >= 15 is 0 Å². The fourth-order valence-electron chi connectivity index (χ4n) is 0.887. The van der Waals surface area contributed by atoms with Crippen LogP contribution < -0.4 is 11.1 Å². The molecule has 0 radical (unpaired) electrons. The second-order valence-corrected chi connectivity index (χ2v) is 3.74. The first-order valence-corrected chi connectivity index (χ1v) is 4.85. The zero-order valence-electron chi connectivity index (χ0n) is 8.01. The summed E-state index contributed by atoms with van der Waals surface area (Å²) >= 11 is 11.3. The van der Waals surface area contributed by atoms with E-state index in [1.54, 1.807) is 0 Å². The monoisotopic (exact) mass is 271 g/mol. The SMILES string of the molecule is C[C@@H](CN)NC(=O)c1cc(Cl)c(Cl)[nH]1.Cl. The van der Waals surface area contributed by atoms with Crippen LogP contribution in [0.4, 0.5) is 0 Å². The molecule has 0 aliphatic carbocycles. The molecule has 0 saturated carbocycles. The highest BCUT2D eigenvalue weighted by Crippen LogP contribution is 2.21. The third kappa shape index (κ3) is 3.91. The zero-order valence-corrected chi connectivity index (χ0v) is 10.3. The van der Waals surface area contributed by atoms with Crippen molar-refractivity contribution in [2.45, 2.75) is 13.0 Å². The minimum absolute atomic E-state index is 0. The highest BCUT2D eigenvalue weighted by atomic mass is 35.5. The maximum Gasteiger partial charge on any atom is 0.268 e. The van der Waals surface area contributed by atoms with Gasteiger partial charge < -0.3 is 16.0 Å². The van der Waals surface area contributed by atoms with E-state index in [0.29, 0.717) is 17.3 Å². The number of hydrogen-bond donors (Lipinski definition) is 3. The average Bonchev–Trinajstić information content (AvgIpc) is 2.47. The summed E-state index contributed by atoms with van der Waals surface area (Å²) in [6.07, 6.45) is 0. The van der Waals surface area contributed by atoms with Crippen LogP contribution in [0.2, 0.25) is 10.2 Å². The fourth-order valence-corrected chi connectivity index (χ4v) is 1.20. The quantitative estimate of drug-likeness (QED) is 0.785. The van der Waals surface area contributed by atoms with Gasteiger partial charge in [-0.1, -0.05) is 23.2 Å². The Balaban J connectivity index is 0.00000196. The molecule has 0 aliphatic heterocycles. The van der Waals surface area contributed by atoms with Crippen LogP contribution in [-0.2, 0) is 0 Å². The van der Waals surface area contributed by atoms with E-state index in [9.17, 15) is 4.79 Å². The molecule has 1 rings (SSSR count). The molecule has 0 saturated heterocycles. The van der Waals surface area contributed by atoms with Gasteiger partial charge in [0.05, 0.1) is 5.02 Å². The summed E-state index contributed by atoms with van der Waals surface area (Å²) in [5.74, 6) is -0.267. The van der Waals surface area contributed by atoms with Gasteiger partial charge in [0.25, 0.3) is 5.91 Å². The molecule has 7 heteroatoms. The van der Waals surface area contributed by atoms with Crippen molar-refractivity contribution in [3.05, 3.63) is 21.9 Å². The smallest absolute Gasteiger partial charge is 0.268 e. The van der Waals surface area contributed by atoms with Gasteiger partial charge in [-0.2, -0.15) is 0 Å². The Kier molecular flexibility index (Phi) is 6.05. The number of nitrogens with two attached hydrogens (primary N) is 1. The third-order valence-electron chi connectivity index (χ3n) is 1.70. The molecule has 4 N–H and O–H groups in total. The van der Waals surface area contributed by atoms with Crippen LogP contribution in [0.25, 0.3) is 0 Å². The summed E-state index contributed by atoms with van der Waals surface area (Å²) < 4.78 is 0. The second kappa shape index (κ2) is 6.23. The number of rotatable bonds is 3. The van der Waals surface area contributed by atoms with Gasteiger partial charge in [-0.25, -0.2) is 0 Å². The minimum atomic E-state index is -0.267. The van der Waals surface area contributed by atoms with E-state index in [4.69, 9.17) is 28.9 Å². The Labute approximate surface area is 104 Å². The molecule has 1 aromatic rings. The highest BCUT2D eigenvalue weighted by molar-refractivity contribution is 6.41. The normalized spacial score (nSPS) is 11.7. The van der Waals surface area contributed by atoms with E-state index in [1.165, 1.54) is 6.07 Å². The van der Waals surface area contributed by atoms with E-state index in [0.717, 1.165) is 0 Å². The van der Waals surface area contributed by atoms with Crippen molar-refractivity contribution in [1.29, 1.82) is 0 Å².